The lowest BCUT2D eigenvalue weighted by Gasteiger charge is -2.27. The van der Waals surface area contributed by atoms with Crippen molar-refractivity contribution in [3.63, 3.8) is 0 Å². The molecule has 0 N–H and O–H groups in total. The molecule has 0 rings (SSSR count). The van der Waals surface area contributed by atoms with Gasteiger partial charge in [-0.05, 0) is 27.7 Å². The Bertz CT molecular complexity index is 124. The van der Waals surface area contributed by atoms with E-state index in [2.05, 4.69) is 0 Å². The van der Waals surface area contributed by atoms with Gasteiger partial charge in [-0.25, -0.2) is 0 Å². The molecule has 0 aromatic carbocycles. The minimum atomic E-state index is -0.257. The van der Waals surface area contributed by atoms with E-state index in [1.54, 1.807) is 5.06 Å². The molecule has 0 fully saturated rings. The van der Waals surface area contributed by atoms with Gasteiger partial charge in [0.2, 0.25) is 0 Å². The van der Waals surface area contributed by atoms with Gasteiger partial charge < -0.3 is 4.84 Å². The fourth-order valence-electron chi connectivity index (χ4n) is 0.956. The molecule has 0 saturated carbocycles. The molecule has 0 aliphatic heterocycles. The van der Waals surface area contributed by atoms with Crippen LogP contribution in [0, 0.1) is 0 Å². The normalized spacial score (nSPS) is 11.3. The lowest BCUT2D eigenvalue weighted by molar-refractivity contribution is -0.206. The van der Waals surface area contributed by atoms with Crippen LogP contribution in [0.3, 0.4) is 0 Å². The van der Waals surface area contributed by atoms with Crippen LogP contribution in [0.15, 0.2) is 0 Å². The van der Waals surface area contributed by atoms with Crippen LogP contribution in [0.25, 0.3) is 0 Å². The molecule has 0 saturated heterocycles. The van der Waals surface area contributed by atoms with E-state index < -0.39 is 0 Å². The van der Waals surface area contributed by atoms with Crippen molar-refractivity contribution in [3.8, 4) is 0 Å². The molecule has 0 aromatic rings. The van der Waals surface area contributed by atoms with Crippen molar-refractivity contribution < 1.29 is 9.63 Å². The Hall–Kier alpha value is -0.570. The summed E-state index contributed by atoms with van der Waals surface area (Å²) in [6.07, 6.45) is 0. The van der Waals surface area contributed by atoms with Crippen molar-refractivity contribution in [3.05, 3.63) is 0 Å². The molecular formula is C8H17NO2. The van der Waals surface area contributed by atoms with Gasteiger partial charge in [-0.15, -0.1) is 5.06 Å². The lowest BCUT2D eigenvalue weighted by Crippen LogP contribution is -2.38. The fraction of sp³-hybridized carbons (Fsp3) is 0.875. The molecule has 3 heteroatoms. The molecule has 0 aliphatic carbocycles. The first-order chi connectivity index (χ1) is 4.95. The van der Waals surface area contributed by atoms with Crippen molar-refractivity contribution in [2.75, 3.05) is 0 Å². The number of carbonyl (C=O) groups is 1. The number of hydrogen-bond acceptors (Lipinski definition) is 3. The second kappa shape index (κ2) is 4.34. The molecule has 0 radical (unpaired) electrons. The third kappa shape index (κ3) is 3.98. The van der Waals surface area contributed by atoms with Gasteiger partial charge in [0.15, 0.2) is 0 Å². The van der Waals surface area contributed by atoms with Crippen molar-refractivity contribution in [1.29, 1.82) is 0 Å². The minimum Gasteiger partial charge on any atom is -0.368 e. The Morgan fingerprint density at radius 2 is 1.55 bits per heavy atom. The molecule has 66 valence electrons. The fourth-order valence-corrected chi connectivity index (χ4v) is 0.956. The quantitative estimate of drug-likeness (QED) is 0.585. The van der Waals surface area contributed by atoms with Crippen molar-refractivity contribution in [2.24, 2.45) is 0 Å². The molecular weight excluding hydrogens is 142 g/mol. The van der Waals surface area contributed by atoms with Gasteiger partial charge in [0, 0.05) is 19.0 Å². The first kappa shape index (κ1) is 10.4. The maximum atomic E-state index is 10.6. The first-order valence-electron chi connectivity index (χ1n) is 3.92. The molecule has 0 aliphatic rings. The Balaban J connectivity index is 4.00. The number of nitrogens with zero attached hydrogens (tertiary/aromatic N) is 1. The van der Waals surface area contributed by atoms with Crippen LogP contribution in [0.4, 0.5) is 0 Å². The molecule has 0 aromatic heterocycles. The molecule has 0 amide bonds. The van der Waals surface area contributed by atoms with E-state index in [0.717, 1.165) is 0 Å². The highest BCUT2D eigenvalue weighted by Crippen LogP contribution is 2.05. The number of hydrogen-bond donors (Lipinski definition) is 0. The molecule has 0 bridgehead atoms. The zero-order chi connectivity index (χ0) is 9.02. The van der Waals surface area contributed by atoms with Gasteiger partial charge in [0.1, 0.15) is 0 Å². The first-order valence-corrected chi connectivity index (χ1v) is 3.92. The molecule has 0 atom stereocenters. The second-order valence-electron chi connectivity index (χ2n) is 3.13. The molecule has 11 heavy (non-hydrogen) atoms. The topological polar surface area (TPSA) is 29.5 Å². The second-order valence-corrected chi connectivity index (χ2v) is 3.13. The monoisotopic (exact) mass is 159 g/mol. The Morgan fingerprint density at radius 3 is 1.64 bits per heavy atom. The van der Waals surface area contributed by atoms with Crippen LogP contribution in [-0.4, -0.2) is 23.1 Å². The highest BCUT2D eigenvalue weighted by Gasteiger charge is 2.15. The number of rotatable bonds is 3. The van der Waals surface area contributed by atoms with Gasteiger partial charge in [-0.1, -0.05) is 0 Å². The van der Waals surface area contributed by atoms with E-state index in [9.17, 15) is 4.79 Å². The van der Waals surface area contributed by atoms with Gasteiger partial charge in [-0.2, -0.15) is 0 Å². The summed E-state index contributed by atoms with van der Waals surface area (Å²) in [6.45, 7) is 9.37. The van der Waals surface area contributed by atoms with Crippen LogP contribution in [-0.2, 0) is 9.63 Å². The van der Waals surface area contributed by atoms with E-state index in [1.807, 2.05) is 27.7 Å². The Morgan fingerprint density at radius 1 is 1.18 bits per heavy atom. The summed E-state index contributed by atoms with van der Waals surface area (Å²) in [5, 5.41) is 1.68. The summed E-state index contributed by atoms with van der Waals surface area (Å²) < 4.78 is 0. The minimum absolute atomic E-state index is 0.235. The maximum Gasteiger partial charge on any atom is 0.322 e. The van der Waals surface area contributed by atoms with E-state index in [0.29, 0.717) is 0 Å². The highest BCUT2D eigenvalue weighted by molar-refractivity contribution is 5.65. The van der Waals surface area contributed by atoms with Crippen molar-refractivity contribution >= 4 is 5.97 Å². The van der Waals surface area contributed by atoms with E-state index >= 15 is 0 Å². The highest BCUT2D eigenvalue weighted by atomic mass is 16.7. The molecule has 0 spiro atoms. The van der Waals surface area contributed by atoms with Crippen molar-refractivity contribution in [1.82, 2.24) is 5.06 Å². The Kier molecular flexibility index (Phi) is 4.11. The summed E-state index contributed by atoms with van der Waals surface area (Å²) in [4.78, 5) is 15.6. The van der Waals surface area contributed by atoms with E-state index in [1.165, 1.54) is 6.92 Å². The van der Waals surface area contributed by atoms with Crippen LogP contribution in [0.1, 0.15) is 34.6 Å². The molecule has 0 unspecified atom stereocenters. The van der Waals surface area contributed by atoms with Crippen LogP contribution < -0.4 is 0 Å². The third-order valence-electron chi connectivity index (χ3n) is 1.25. The predicted octanol–water partition coefficient (Wildman–Crippen LogP) is 1.58. The van der Waals surface area contributed by atoms with Gasteiger partial charge >= 0.3 is 5.97 Å². The summed E-state index contributed by atoms with van der Waals surface area (Å²) in [7, 11) is 0. The van der Waals surface area contributed by atoms with E-state index in [4.69, 9.17) is 4.84 Å². The van der Waals surface area contributed by atoms with Gasteiger partial charge in [0.25, 0.3) is 0 Å². The Labute approximate surface area is 68.3 Å². The molecule has 3 nitrogen and oxygen atoms in total. The zero-order valence-corrected chi connectivity index (χ0v) is 7.92. The summed E-state index contributed by atoms with van der Waals surface area (Å²) in [5.74, 6) is -0.257. The summed E-state index contributed by atoms with van der Waals surface area (Å²) in [5.41, 5.74) is 0. The lowest BCUT2D eigenvalue weighted by atomic mass is 10.3. The SMILES string of the molecule is CC(=O)ON(C(C)C)C(C)C. The number of carbonyl (C=O) groups excluding carboxylic acids is 1. The maximum absolute atomic E-state index is 10.6. The smallest absolute Gasteiger partial charge is 0.322 e. The standard InChI is InChI=1S/C8H17NO2/c1-6(2)9(7(3)4)11-8(5)10/h6-7H,1-5H3. The summed E-state index contributed by atoms with van der Waals surface area (Å²) >= 11 is 0. The zero-order valence-electron chi connectivity index (χ0n) is 7.92. The number of hydroxylamine groups is 2. The van der Waals surface area contributed by atoms with E-state index in [-0.39, 0.29) is 18.1 Å². The van der Waals surface area contributed by atoms with Crippen LogP contribution in [0.2, 0.25) is 0 Å². The average Bonchev–Trinajstić information content (AvgIpc) is 1.81. The predicted molar refractivity (Wildman–Crippen MR) is 43.9 cm³/mol. The molecule has 0 heterocycles. The summed E-state index contributed by atoms with van der Waals surface area (Å²) in [6, 6.07) is 0.470. The van der Waals surface area contributed by atoms with Crippen LogP contribution >= 0.6 is 0 Å². The van der Waals surface area contributed by atoms with Crippen molar-refractivity contribution in [2.45, 2.75) is 46.7 Å². The average molecular weight is 159 g/mol. The van der Waals surface area contributed by atoms with Gasteiger partial charge in [-0.3, -0.25) is 4.79 Å². The van der Waals surface area contributed by atoms with Gasteiger partial charge in [0.05, 0.1) is 0 Å². The largest absolute Gasteiger partial charge is 0.368 e. The van der Waals surface area contributed by atoms with Crippen LogP contribution in [0.5, 0.6) is 0 Å². The third-order valence-corrected chi connectivity index (χ3v) is 1.25.